The average Bonchev–Trinajstić information content (AvgIpc) is 3.48. The Labute approximate surface area is 263 Å². The van der Waals surface area contributed by atoms with E-state index in [0.717, 1.165) is 9.80 Å². The summed E-state index contributed by atoms with van der Waals surface area (Å²) in [4.78, 5) is 83.8. The highest BCUT2D eigenvalue weighted by Gasteiger charge is 2.39. The van der Waals surface area contributed by atoms with Crippen LogP contribution in [0.3, 0.4) is 0 Å². The molecule has 228 valence electrons. The largest absolute Gasteiger partial charge is 0.314 e. The van der Waals surface area contributed by atoms with E-state index in [1.165, 1.54) is 79.5 Å². The van der Waals surface area contributed by atoms with Crippen LogP contribution in [-0.2, 0) is 4.57 Å². The van der Waals surface area contributed by atoms with E-state index in [-0.39, 0.29) is 55.4 Å². The molecule has 0 aromatic heterocycles. The maximum absolute atomic E-state index is 14.3. The zero-order chi connectivity index (χ0) is 33.6. The molecule has 4 aromatic rings. The summed E-state index contributed by atoms with van der Waals surface area (Å²) in [5.74, 6) is -4.66. The van der Waals surface area contributed by atoms with Crippen LogP contribution in [0.15, 0.2) is 95.2 Å². The predicted molar refractivity (Wildman–Crippen MR) is 168 cm³/mol. The van der Waals surface area contributed by atoms with Crippen LogP contribution in [0.2, 0.25) is 0 Å². The molecule has 2 heterocycles. The highest BCUT2D eigenvalue weighted by molar-refractivity contribution is 7.78. The highest BCUT2D eigenvalue weighted by Crippen LogP contribution is 2.42. The van der Waals surface area contributed by atoms with Gasteiger partial charge in [-0.2, -0.15) is 0 Å². The number of carbonyl (C=O) groups excluding carboxylic acids is 6. The van der Waals surface area contributed by atoms with Crippen molar-refractivity contribution in [2.24, 2.45) is 10.2 Å². The van der Waals surface area contributed by atoms with E-state index >= 15 is 0 Å². The Morgan fingerprint density at radius 1 is 0.596 bits per heavy atom. The zero-order valence-electron chi connectivity index (χ0n) is 24.0. The van der Waals surface area contributed by atoms with E-state index in [1.807, 2.05) is 0 Å². The molecule has 16 heteroatoms. The monoisotopic (exact) mass is 644 g/mol. The van der Waals surface area contributed by atoms with Crippen molar-refractivity contribution in [3.63, 3.8) is 0 Å². The van der Waals surface area contributed by atoms with Crippen LogP contribution in [0.25, 0.3) is 20.9 Å². The number of imide groups is 2. The van der Waals surface area contributed by atoms with Crippen LogP contribution in [0.4, 0.5) is 11.4 Å². The number of anilines is 2. The summed E-state index contributed by atoms with van der Waals surface area (Å²) >= 11 is 0. The summed E-state index contributed by atoms with van der Waals surface area (Å²) < 4.78 is 14.3. The molecule has 6 amide bonds. The number of carbonyl (C=O) groups is 6. The molecule has 0 atom stereocenters. The minimum absolute atomic E-state index is 0.0282. The van der Waals surface area contributed by atoms with Crippen LogP contribution in [0.1, 0.15) is 62.1 Å². The van der Waals surface area contributed by atoms with E-state index in [1.54, 1.807) is 12.1 Å². The molecule has 0 spiro atoms. The lowest BCUT2D eigenvalue weighted by Gasteiger charge is -2.20. The molecule has 0 fully saturated rings. The second-order valence-electron chi connectivity index (χ2n) is 10.4. The van der Waals surface area contributed by atoms with Gasteiger partial charge in [-0.15, -0.1) is 0 Å². The highest BCUT2D eigenvalue weighted by atomic mass is 31.2. The van der Waals surface area contributed by atoms with Gasteiger partial charge < -0.3 is 4.57 Å². The smallest absolute Gasteiger partial charge is 0.266 e. The van der Waals surface area contributed by atoms with Crippen LogP contribution >= 0.6 is 7.14 Å². The molecule has 0 radical (unpaired) electrons. The van der Waals surface area contributed by atoms with E-state index in [9.17, 15) is 33.3 Å². The quantitative estimate of drug-likeness (QED) is 0.0903. The molecule has 15 nitrogen and oxygen atoms in total. The summed E-state index contributed by atoms with van der Waals surface area (Å²) in [6, 6.07) is 19.4. The Morgan fingerprint density at radius 2 is 0.979 bits per heavy atom. The van der Waals surface area contributed by atoms with Gasteiger partial charge in [-0.25, -0.2) is 9.80 Å². The lowest BCUT2D eigenvalue weighted by molar-refractivity contribution is 0.0910. The first-order valence-electron chi connectivity index (χ1n) is 13.5. The first kappa shape index (κ1) is 30.4. The third kappa shape index (κ3) is 4.95. The molecule has 0 aliphatic carbocycles. The molecular formula is C31H17N8O7P. The molecule has 2 aliphatic rings. The Kier molecular flexibility index (Phi) is 7.35. The molecule has 2 aliphatic heterocycles. The maximum Gasteiger partial charge on any atom is 0.266 e. The minimum atomic E-state index is -3.50. The Bertz CT molecular complexity index is 2150. The fourth-order valence-electron chi connectivity index (χ4n) is 5.36. The average molecular weight is 644 g/mol. The summed E-state index contributed by atoms with van der Waals surface area (Å²) in [6.45, 7) is 1.46. The van der Waals surface area contributed by atoms with E-state index in [2.05, 4.69) is 20.1 Å². The Hall–Kier alpha value is -6.65. The third-order valence-corrected chi connectivity index (χ3v) is 10.2. The van der Waals surface area contributed by atoms with Crippen LogP contribution in [0, 0.1) is 0 Å². The molecule has 4 aromatic carbocycles. The van der Waals surface area contributed by atoms with Crippen molar-refractivity contribution in [3.05, 3.63) is 139 Å². The van der Waals surface area contributed by atoms with Crippen LogP contribution in [-0.4, -0.2) is 42.1 Å². The van der Waals surface area contributed by atoms with Gasteiger partial charge in [-0.05, 0) is 76.5 Å². The molecule has 0 bridgehead atoms. The summed E-state index contributed by atoms with van der Waals surface area (Å²) in [6.07, 6.45) is 0. The van der Waals surface area contributed by atoms with Gasteiger partial charge in [0.2, 0.25) is 11.8 Å². The lowest BCUT2D eigenvalue weighted by Crippen LogP contribution is -2.31. The van der Waals surface area contributed by atoms with Crippen molar-refractivity contribution in [2.75, 3.05) is 16.5 Å². The molecule has 6 rings (SSSR count). The standard InChI is InChI=1S/C31H17N8O7P/c1-47(46,20-6-2-4-18(14-20)38-28(42)22-10-8-16(26(40)34-36-32)12-24(22)30(38)44)21-7-3-5-19(15-21)39-29(43)23-11-9-17(27(41)35-37-33)13-25(23)31(39)45/h2-15H,1H3. The van der Waals surface area contributed by atoms with Gasteiger partial charge in [0, 0.05) is 31.6 Å². The first-order valence-corrected chi connectivity index (χ1v) is 15.7. The second kappa shape index (κ2) is 11.4. The van der Waals surface area contributed by atoms with E-state index in [0.29, 0.717) is 0 Å². The van der Waals surface area contributed by atoms with Gasteiger partial charge in [0.15, 0.2) is 0 Å². The first-order chi connectivity index (χ1) is 22.5. The van der Waals surface area contributed by atoms with Crippen molar-refractivity contribution in [2.45, 2.75) is 0 Å². The fourth-order valence-corrected chi connectivity index (χ4v) is 7.15. The number of azide groups is 2. The summed E-state index contributed by atoms with van der Waals surface area (Å²) in [5, 5.41) is 6.53. The van der Waals surface area contributed by atoms with Crippen LogP contribution < -0.4 is 20.4 Å². The van der Waals surface area contributed by atoms with Gasteiger partial charge in [-0.3, -0.25) is 28.8 Å². The molecule has 47 heavy (non-hydrogen) atoms. The molecule has 0 N–H and O–H groups in total. The normalized spacial score (nSPS) is 14.6. The number of nitrogens with zero attached hydrogens (tertiary/aromatic N) is 8. The van der Waals surface area contributed by atoms with Crippen molar-refractivity contribution < 1.29 is 33.3 Å². The molecular weight excluding hydrogens is 627 g/mol. The van der Waals surface area contributed by atoms with Crippen LogP contribution in [0.5, 0.6) is 0 Å². The van der Waals surface area contributed by atoms with Gasteiger partial charge in [0.1, 0.15) is 7.14 Å². The number of hydrogen-bond acceptors (Lipinski definition) is 7. The van der Waals surface area contributed by atoms with E-state index in [4.69, 9.17) is 11.1 Å². The number of fused-ring (bicyclic) bond motifs is 2. The second-order valence-corrected chi connectivity index (χ2v) is 13.2. The third-order valence-electron chi connectivity index (χ3n) is 7.70. The van der Waals surface area contributed by atoms with Gasteiger partial charge in [-0.1, -0.05) is 36.4 Å². The lowest BCUT2D eigenvalue weighted by atomic mass is 10.1. The number of rotatable bonds is 6. The molecule has 0 saturated heterocycles. The number of amides is 6. The summed E-state index contributed by atoms with van der Waals surface area (Å²) in [5.41, 5.74) is 17.1. The predicted octanol–water partition coefficient (Wildman–Crippen LogP) is 5.13. The number of hydrogen-bond donors (Lipinski definition) is 0. The van der Waals surface area contributed by atoms with Crippen molar-refractivity contribution in [3.8, 4) is 0 Å². The number of benzene rings is 4. The van der Waals surface area contributed by atoms with Crippen molar-refractivity contribution in [1.82, 2.24) is 0 Å². The molecule has 0 saturated carbocycles. The summed E-state index contributed by atoms with van der Waals surface area (Å²) in [7, 11) is -3.50. The Morgan fingerprint density at radius 3 is 1.36 bits per heavy atom. The molecule has 0 unspecified atom stereocenters. The van der Waals surface area contributed by atoms with Gasteiger partial charge in [0.05, 0.1) is 33.6 Å². The Balaban J connectivity index is 1.31. The maximum atomic E-state index is 14.3. The van der Waals surface area contributed by atoms with Crippen molar-refractivity contribution >= 4 is 64.6 Å². The topological polar surface area (TPSA) is 223 Å². The zero-order valence-corrected chi connectivity index (χ0v) is 24.9. The fraction of sp³-hybridized carbons (Fsp3) is 0.0323. The van der Waals surface area contributed by atoms with E-state index < -0.39 is 42.6 Å². The SMILES string of the molecule is CP(=O)(c1cccc(N2C(=O)c3ccc(C(=O)N=[N+]=[N-])cc3C2=O)c1)c1cccc(N2C(=O)c3ccc(C(=O)N=[N+]=[N-])cc3C2=O)c1. The van der Waals surface area contributed by atoms with Crippen molar-refractivity contribution in [1.29, 1.82) is 0 Å². The van der Waals surface area contributed by atoms with Gasteiger partial charge in [0.25, 0.3) is 23.6 Å². The van der Waals surface area contributed by atoms with Gasteiger partial charge >= 0.3 is 0 Å². The minimum Gasteiger partial charge on any atom is -0.314 e.